The molecule has 2 nitrogen and oxygen atoms in total. The lowest BCUT2D eigenvalue weighted by Gasteiger charge is -2.34. The Kier molecular flexibility index (Phi) is 6.98. The van der Waals surface area contributed by atoms with Crippen LogP contribution in [0, 0.1) is 5.92 Å². The fourth-order valence-corrected chi connectivity index (χ4v) is 2.89. The van der Waals surface area contributed by atoms with Crippen LogP contribution in [0.5, 0.6) is 0 Å². The molecule has 0 aromatic heterocycles. The fraction of sp³-hybridized carbons (Fsp3) is 0.273. The van der Waals surface area contributed by atoms with Gasteiger partial charge in [0.1, 0.15) is 0 Å². The normalized spacial score (nSPS) is 13.7. The van der Waals surface area contributed by atoms with E-state index in [1.54, 1.807) is 12.2 Å². The van der Waals surface area contributed by atoms with Gasteiger partial charge < -0.3 is 5.11 Å². The first-order valence-electron chi connectivity index (χ1n) is 8.40. The predicted molar refractivity (Wildman–Crippen MR) is 101 cm³/mol. The maximum absolute atomic E-state index is 10.7. The van der Waals surface area contributed by atoms with Gasteiger partial charge in [-0.05, 0) is 18.1 Å². The third-order valence-electron chi connectivity index (χ3n) is 4.47. The third kappa shape index (κ3) is 4.92. The van der Waals surface area contributed by atoms with E-state index in [0.29, 0.717) is 0 Å². The second-order valence-corrected chi connectivity index (χ2v) is 6.16. The zero-order chi connectivity index (χ0) is 17.4. The zero-order valence-corrected chi connectivity index (χ0v) is 14.4. The van der Waals surface area contributed by atoms with Crippen molar-refractivity contribution >= 4 is 0 Å². The van der Waals surface area contributed by atoms with Gasteiger partial charge in [-0.3, -0.25) is 4.90 Å². The molecule has 0 amide bonds. The number of hydrogen-bond acceptors (Lipinski definition) is 2. The first-order valence-corrected chi connectivity index (χ1v) is 8.40. The predicted octanol–water partition coefficient (Wildman–Crippen LogP) is 4.43. The van der Waals surface area contributed by atoms with E-state index in [0.717, 1.165) is 13.1 Å². The first kappa shape index (κ1) is 18.2. The van der Waals surface area contributed by atoms with Crippen LogP contribution in [-0.2, 0) is 13.1 Å². The quantitative estimate of drug-likeness (QED) is 0.691. The molecule has 0 saturated heterocycles. The Hall–Kier alpha value is -2.16. The lowest BCUT2D eigenvalue weighted by Crippen LogP contribution is -2.43. The van der Waals surface area contributed by atoms with Crippen LogP contribution < -0.4 is 0 Å². The summed E-state index contributed by atoms with van der Waals surface area (Å²) in [5, 5.41) is 10.7. The number of aliphatic hydroxyl groups excluding tert-OH is 1. The van der Waals surface area contributed by atoms with Crippen LogP contribution in [0.25, 0.3) is 0 Å². The minimum atomic E-state index is -0.535. The molecule has 0 saturated carbocycles. The van der Waals surface area contributed by atoms with Crippen LogP contribution in [0.1, 0.15) is 18.1 Å². The van der Waals surface area contributed by atoms with Gasteiger partial charge in [0.2, 0.25) is 0 Å². The standard InChI is InChI=1S/C22H27NO/c1-4-21(5-2)22(24)18(3)23(16-19-12-8-6-9-13-19)17-20-14-10-7-11-15-20/h4-15,18,21-22,24H,1-2,16-17H2,3H3/t18-,22-/m1/s1. The number of benzene rings is 2. The van der Waals surface area contributed by atoms with Crippen LogP contribution in [0.15, 0.2) is 86.0 Å². The summed E-state index contributed by atoms with van der Waals surface area (Å²) < 4.78 is 0. The molecule has 2 aromatic rings. The van der Waals surface area contributed by atoms with Gasteiger partial charge in [-0.25, -0.2) is 0 Å². The van der Waals surface area contributed by atoms with E-state index in [1.807, 2.05) is 36.4 Å². The number of rotatable bonds is 9. The molecule has 1 N–H and O–H groups in total. The van der Waals surface area contributed by atoms with Crippen LogP contribution in [-0.4, -0.2) is 22.2 Å². The molecule has 0 unspecified atom stereocenters. The molecule has 0 aliphatic heterocycles. The van der Waals surface area contributed by atoms with Gasteiger partial charge in [-0.15, -0.1) is 13.2 Å². The summed E-state index contributed by atoms with van der Waals surface area (Å²) in [6.45, 7) is 11.3. The van der Waals surface area contributed by atoms with Crippen molar-refractivity contribution in [1.29, 1.82) is 0 Å². The SMILES string of the molecule is C=CC(C=C)[C@H](O)[C@@H](C)N(Cc1ccccc1)Cc1ccccc1. The van der Waals surface area contributed by atoms with Gasteiger partial charge in [0, 0.05) is 25.0 Å². The van der Waals surface area contributed by atoms with Crippen molar-refractivity contribution in [2.45, 2.75) is 32.2 Å². The highest BCUT2D eigenvalue weighted by Crippen LogP contribution is 2.20. The van der Waals surface area contributed by atoms with Crippen LogP contribution in [0.4, 0.5) is 0 Å². The molecular formula is C22H27NO. The average Bonchev–Trinajstić information content (AvgIpc) is 2.63. The molecule has 0 fully saturated rings. The Labute approximate surface area is 145 Å². The van der Waals surface area contributed by atoms with Crippen LogP contribution in [0.2, 0.25) is 0 Å². The first-order chi connectivity index (χ1) is 11.7. The number of aliphatic hydroxyl groups is 1. The molecule has 2 rings (SSSR count). The minimum absolute atomic E-state index is 0.0218. The molecule has 0 radical (unpaired) electrons. The second-order valence-electron chi connectivity index (χ2n) is 6.16. The zero-order valence-electron chi connectivity index (χ0n) is 14.4. The van der Waals surface area contributed by atoms with E-state index in [9.17, 15) is 5.11 Å². The molecule has 0 spiro atoms. The highest BCUT2D eigenvalue weighted by atomic mass is 16.3. The van der Waals surface area contributed by atoms with E-state index < -0.39 is 6.10 Å². The molecule has 2 atom stereocenters. The van der Waals surface area contributed by atoms with Gasteiger partial charge in [0.15, 0.2) is 0 Å². The van der Waals surface area contributed by atoms with E-state index in [1.165, 1.54) is 11.1 Å². The molecular weight excluding hydrogens is 294 g/mol. The summed E-state index contributed by atoms with van der Waals surface area (Å²) >= 11 is 0. The lowest BCUT2D eigenvalue weighted by atomic mass is 9.95. The summed E-state index contributed by atoms with van der Waals surface area (Å²) in [5.74, 6) is -0.117. The molecule has 2 aromatic carbocycles. The topological polar surface area (TPSA) is 23.5 Å². The van der Waals surface area contributed by atoms with Crippen molar-refractivity contribution in [3.8, 4) is 0 Å². The summed E-state index contributed by atoms with van der Waals surface area (Å²) in [6, 6.07) is 20.7. The van der Waals surface area contributed by atoms with Crippen molar-refractivity contribution in [3.05, 3.63) is 97.1 Å². The summed E-state index contributed by atoms with van der Waals surface area (Å²) in [4.78, 5) is 2.30. The van der Waals surface area contributed by atoms with E-state index in [-0.39, 0.29) is 12.0 Å². The van der Waals surface area contributed by atoms with Crippen LogP contribution in [0.3, 0.4) is 0 Å². The number of hydrogen-bond donors (Lipinski definition) is 1. The Morgan fingerprint density at radius 3 is 1.67 bits per heavy atom. The highest BCUT2D eigenvalue weighted by molar-refractivity contribution is 5.17. The largest absolute Gasteiger partial charge is 0.391 e. The van der Waals surface area contributed by atoms with E-state index in [2.05, 4.69) is 49.2 Å². The van der Waals surface area contributed by atoms with Gasteiger partial charge >= 0.3 is 0 Å². The third-order valence-corrected chi connectivity index (χ3v) is 4.47. The summed E-state index contributed by atoms with van der Waals surface area (Å²) in [7, 11) is 0. The van der Waals surface area contributed by atoms with Gasteiger partial charge in [0.05, 0.1) is 6.10 Å². The molecule has 2 heteroatoms. The van der Waals surface area contributed by atoms with Crippen molar-refractivity contribution in [2.24, 2.45) is 5.92 Å². The van der Waals surface area contributed by atoms with Crippen molar-refractivity contribution < 1.29 is 5.11 Å². The molecule has 0 aliphatic carbocycles. The maximum atomic E-state index is 10.7. The Balaban J connectivity index is 2.20. The van der Waals surface area contributed by atoms with Crippen molar-refractivity contribution in [3.63, 3.8) is 0 Å². The minimum Gasteiger partial charge on any atom is -0.391 e. The summed E-state index contributed by atoms with van der Waals surface area (Å²) in [5.41, 5.74) is 2.47. The average molecular weight is 321 g/mol. The molecule has 0 bridgehead atoms. The van der Waals surface area contributed by atoms with E-state index >= 15 is 0 Å². The van der Waals surface area contributed by atoms with Crippen molar-refractivity contribution in [2.75, 3.05) is 0 Å². The smallest absolute Gasteiger partial charge is 0.0789 e. The van der Waals surface area contributed by atoms with Gasteiger partial charge in [-0.2, -0.15) is 0 Å². The Bertz CT molecular complexity index is 573. The molecule has 0 aliphatic rings. The maximum Gasteiger partial charge on any atom is 0.0789 e. The molecule has 0 heterocycles. The highest BCUT2D eigenvalue weighted by Gasteiger charge is 2.26. The Morgan fingerprint density at radius 1 is 0.875 bits per heavy atom. The number of nitrogens with zero attached hydrogens (tertiary/aromatic N) is 1. The van der Waals surface area contributed by atoms with Crippen molar-refractivity contribution in [1.82, 2.24) is 4.90 Å². The fourth-order valence-electron chi connectivity index (χ4n) is 2.89. The van der Waals surface area contributed by atoms with Gasteiger partial charge in [0.25, 0.3) is 0 Å². The van der Waals surface area contributed by atoms with E-state index in [4.69, 9.17) is 0 Å². The second kappa shape index (κ2) is 9.21. The monoisotopic (exact) mass is 321 g/mol. The molecule has 24 heavy (non-hydrogen) atoms. The Morgan fingerprint density at radius 2 is 1.29 bits per heavy atom. The molecule has 126 valence electrons. The summed E-state index contributed by atoms with van der Waals surface area (Å²) in [6.07, 6.45) is 2.99. The lowest BCUT2D eigenvalue weighted by molar-refractivity contribution is 0.0339. The van der Waals surface area contributed by atoms with Crippen LogP contribution >= 0.6 is 0 Å². The van der Waals surface area contributed by atoms with Gasteiger partial charge in [-0.1, -0.05) is 72.8 Å².